The molecule has 0 aliphatic heterocycles. The molecular formula is C20H18N2O3S. The third-order valence-electron chi connectivity index (χ3n) is 4.41. The van der Waals surface area contributed by atoms with E-state index in [0.29, 0.717) is 17.2 Å². The zero-order valence-corrected chi connectivity index (χ0v) is 14.9. The number of thiophene rings is 1. The minimum atomic E-state index is -0.249. The Labute approximate surface area is 155 Å². The third kappa shape index (κ3) is 3.41. The molecule has 0 bridgehead atoms. The van der Waals surface area contributed by atoms with Crippen molar-refractivity contribution >= 4 is 23.2 Å². The summed E-state index contributed by atoms with van der Waals surface area (Å²) >= 11 is 1.49. The van der Waals surface area contributed by atoms with Crippen LogP contribution >= 0.6 is 11.3 Å². The lowest BCUT2D eigenvalue weighted by Crippen LogP contribution is -2.36. The Morgan fingerprint density at radius 2 is 1.88 bits per heavy atom. The van der Waals surface area contributed by atoms with Crippen LogP contribution in [0.5, 0.6) is 0 Å². The van der Waals surface area contributed by atoms with Gasteiger partial charge in [-0.05, 0) is 47.7 Å². The number of nitrogens with one attached hydrogen (secondary N) is 2. The van der Waals surface area contributed by atoms with Gasteiger partial charge in [0.25, 0.3) is 5.91 Å². The van der Waals surface area contributed by atoms with Crippen LogP contribution in [0.15, 0.2) is 53.1 Å². The number of rotatable bonds is 5. The van der Waals surface area contributed by atoms with E-state index < -0.39 is 0 Å². The second-order valence-corrected chi connectivity index (χ2v) is 7.21. The summed E-state index contributed by atoms with van der Waals surface area (Å²) in [4.78, 5) is 26.1. The monoisotopic (exact) mass is 366 g/mol. The summed E-state index contributed by atoms with van der Waals surface area (Å²) in [6.07, 6.45) is 3.50. The van der Waals surface area contributed by atoms with Gasteiger partial charge in [-0.1, -0.05) is 24.3 Å². The molecule has 0 saturated heterocycles. The molecule has 1 aliphatic rings. The molecule has 1 aliphatic carbocycles. The second kappa shape index (κ2) is 7.17. The Bertz CT molecular complexity index is 944. The maximum atomic E-state index is 12.4. The molecule has 26 heavy (non-hydrogen) atoms. The molecule has 2 heterocycles. The molecule has 0 saturated carbocycles. The van der Waals surface area contributed by atoms with E-state index in [2.05, 4.69) is 22.8 Å². The number of carbonyl (C=O) groups is 2. The van der Waals surface area contributed by atoms with Gasteiger partial charge in [0.05, 0.1) is 24.2 Å². The molecule has 2 N–H and O–H groups in total. The van der Waals surface area contributed by atoms with Crippen molar-refractivity contribution in [1.29, 1.82) is 0 Å². The molecule has 0 unspecified atom stereocenters. The van der Waals surface area contributed by atoms with Gasteiger partial charge < -0.3 is 15.1 Å². The number of benzene rings is 1. The number of carbonyl (C=O) groups excluding carboxylic acids is 2. The molecule has 5 nitrogen and oxygen atoms in total. The number of furan rings is 1. The minimum Gasteiger partial charge on any atom is -0.467 e. The van der Waals surface area contributed by atoms with Crippen molar-refractivity contribution in [3.63, 3.8) is 0 Å². The summed E-state index contributed by atoms with van der Waals surface area (Å²) in [5.74, 6) is 0.214. The lowest BCUT2D eigenvalue weighted by atomic mass is 9.91. The zero-order valence-electron chi connectivity index (χ0n) is 14.1. The predicted molar refractivity (Wildman–Crippen MR) is 100 cm³/mol. The van der Waals surface area contributed by atoms with E-state index >= 15 is 0 Å². The van der Waals surface area contributed by atoms with E-state index in [4.69, 9.17) is 4.42 Å². The Morgan fingerprint density at radius 3 is 2.73 bits per heavy atom. The summed E-state index contributed by atoms with van der Waals surface area (Å²) < 4.78 is 5.15. The smallest absolute Gasteiger partial charge is 0.261 e. The summed E-state index contributed by atoms with van der Waals surface area (Å²) in [6, 6.07) is 13.8. The molecule has 2 amide bonds. The average molecular weight is 366 g/mol. The highest BCUT2D eigenvalue weighted by molar-refractivity contribution is 7.17. The highest BCUT2D eigenvalue weighted by atomic mass is 32.1. The summed E-state index contributed by atoms with van der Waals surface area (Å²) in [7, 11) is 0. The Hall–Kier alpha value is -2.86. The lowest BCUT2D eigenvalue weighted by Gasteiger charge is -2.15. The lowest BCUT2D eigenvalue weighted by molar-refractivity contribution is -0.120. The van der Waals surface area contributed by atoms with E-state index in [1.54, 1.807) is 18.4 Å². The molecule has 1 aromatic carbocycles. The molecule has 0 fully saturated rings. The molecule has 2 aromatic heterocycles. The molecule has 0 radical (unpaired) electrons. The van der Waals surface area contributed by atoms with Crippen LogP contribution in [-0.4, -0.2) is 18.4 Å². The normalized spacial score (nSPS) is 12.2. The van der Waals surface area contributed by atoms with Gasteiger partial charge in [-0.15, -0.1) is 11.3 Å². The topological polar surface area (TPSA) is 71.3 Å². The van der Waals surface area contributed by atoms with Crippen molar-refractivity contribution in [2.45, 2.75) is 19.4 Å². The second-order valence-electron chi connectivity index (χ2n) is 6.16. The minimum absolute atomic E-state index is 0.0568. The molecular weight excluding hydrogens is 348 g/mol. The van der Waals surface area contributed by atoms with Gasteiger partial charge >= 0.3 is 0 Å². The van der Waals surface area contributed by atoms with Crippen LogP contribution < -0.4 is 10.6 Å². The van der Waals surface area contributed by atoms with Crippen LogP contribution in [0.3, 0.4) is 0 Å². The maximum absolute atomic E-state index is 12.4. The zero-order chi connectivity index (χ0) is 17.9. The number of fused-ring (bicyclic) bond motifs is 3. The van der Waals surface area contributed by atoms with Gasteiger partial charge in [-0.25, -0.2) is 0 Å². The van der Waals surface area contributed by atoms with Crippen LogP contribution in [0, 0.1) is 0 Å². The third-order valence-corrected chi connectivity index (χ3v) is 5.62. The van der Waals surface area contributed by atoms with Crippen molar-refractivity contribution in [3.8, 4) is 10.4 Å². The van der Waals surface area contributed by atoms with Gasteiger partial charge in [0.2, 0.25) is 5.91 Å². The van der Waals surface area contributed by atoms with Crippen LogP contribution in [0.1, 0.15) is 26.6 Å². The predicted octanol–water partition coefficient (Wildman–Crippen LogP) is 3.15. The van der Waals surface area contributed by atoms with Gasteiger partial charge in [0.15, 0.2) is 0 Å². The number of hydrogen-bond acceptors (Lipinski definition) is 4. The molecule has 132 valence electrons. The van der Waals surface area contributed by atoms with Gasteiger partial charge in [-0.2, -0.15) is 0 Å². The quantitative estimate of drug-likeness (QED) is 0.729. The number of aryl methyl sites for hydroxylation is 2. The largest absolute Gasteiger partial charge is 0.467 e. The first-order valence-corrected chi connectivity index (χ1v) is 9.30. The fourth-order valence-electron chi connectivity index (χ4n) is 3.09. The van der Waals surface area contributed by atoms with E-state index in [-0.39, 0.29) is 18.4 Å². The van der Waals surface area contributed by atoms with E-state index in [1.165, 1.54) is 32.9 Å². The average Bonchev–Trinajstić information content (AvgIpc) is 3.33. The van der Waals surface area contributed by atoms with Crippen molar-refractivity contribution < 1.29 is 14.0 Å². The van der Waals surface area contributed by atoms with Crippen molar-refractivity contribution in [2.24, 2.45) is 0 Å². The fraction of sp³-hybridized carbons (Fsp3) is 0.200. The van der Waals surface area contributed by atoms with Crippen LogP contribution in [-0.2, 0) is 24.2 Å². The van der Waals surface area contributed by atoms with Crippen LogP contribution in [0.2, 0.25) is 0 Å². The van der Waals surface area contributed by atoms with Crippen molar-refractivity contribution in [2.75, 3.05) is 6.54 Å². The van der Waals surface area contributed by atoms with Gasteiger partial charge in [0, 0.05) is 4.88 Å². The van der Waals surface area contributed by atoms with E-state index in [9.17, 15) is 9.59 Å². The van der Waals surface area contributed by atoms with E-state index in [0.717, 1.165) is 12.8 Å². The highest BCUT2D eigenvalue weighted by Gasteiger charge is 2.21. The van der Waals surface area contributed by atoms with Crippen LogP contribution in [0.25, 0.3) is 10.4 Å². The van der Waals surface area contributed by atoms with Gasteiger partial charge in [-0.3, -0.25) is 9.59 Å². The molecule has 3 aromatic rings. The first-order valence-electron chi connectivity index (χ1n) is 8.49. The number of hydrogen-bond donors (Lipinski definition) is 2. The van der Waals surface area contributed by atoms with Crippen molar-refractivity contribution in [1.82, 2.24) is 10.6 Å². The molecule has 6 heteroatoms. The van der Waals surface area contributed by atoms with E-state index in [1.807, 2.05) is 18.2 Å². The highest BCUT2D eigenvalue weighted by Crippen LogP contribution is 2.39. The molecule has 4 rings (SSSR count). The summed E-state index contributed by atoms with van der Waals surface area (Å²) in [6.45, 7) is 0.254. The summed E-state index contributed by atoms with van der Waals surface area (Å²) in [5, 5.41) is 5.40. The van der Waals surface area contributed by atoms with Crippen molar-refractivity contribution in [3.05, 3.63) is 70.5 Å². The fourth-order valence-corrected chi connectivity index (χ4v) is 4.28. The summed E-state index contributed by atoms with van der Waals surface area (Å²) in [5.41, 5.74) is 3.75. The molecule has 0 atom stereocenters. The Morgan fingerprint density at radius 1 is 1.04 bits per heavy atom. The standard InChI is InChI=1S/C20H18N2O3S/c23-18(21-11-15-5-3-9-25-15)12-22-20(24)17-10-14-8-7-13-4-1-2-6-16(13)19(14)26-17/h1-6,9-10H,7-8,11-12H2,(H,21,23)(H,22,24). The maximum Gasteiger partial charge on any atom is 0.261 e. The van der Waals surface area contributed by atoms with Gasteiger partial charge in [0.1, 0.15) is 5.76 Å². The number of amides is 2. The Kier molecular flexibility index (Phi) is 4.58. The SMILES string of the molecule is O=C(CNC(=O)c1cc2c(s1)-c1ccccc1CC2)NCc1ccco1. The Balaban J connectivity index is 1.37. The first kappa shape index (κ1) is 16.6. The van der Waals surface area contributed by atoms with Crippen LogP contribution in [0.4, 0.5) is 0 Å². The molecule has 0 spiro atoms. The first-order chi connectivity index (χ1) is 12.7.